The van der Waals surface area contributed by atoms with E-state index in [1.54, 1.807) is 19.5 Å². The van der Waals surface area contributed by atoms with Crippen LogP contribution in [-0.4, -0.2) is 18.4 Å². The number of benzene rings is 2. The fraction of sp³-hybridized carbons (Fsp3) is 0.0588. The number of rotatable bonds is 3. The highest BCUT2D eigenvalue weighted by molar-refractivity contribution is 6.06. The second-order valence-electron chi connectivity index (χ2n) is 4.44. The number of carbonyl (C=O) groups is 1. The number of aromatic nitrogens is 1. The number of fused-ring (bicyclic) bond motifs is 1. The standard InChI is InChI=1S/C17H13NO2/c1-20-16-10-13-4-2-3-5-14(13)15(11-19)17(16)12-6-8-18-9-7-12/h2-11H,1H3. The maximum atomic E-state index is 11.6. The Bertz CT molecular complexity index is 767. The smallest absolute Gasteiger partial charge is 0.151 e. The molecule has 0 unspecified atom stereocenters. The first-order valence-corrected chi connectivity index (χ1v) is 6.30. The summed E-state index contributed by atoms with van der Waals surface area (Å²) in [6.45, 7) is 0. The zero-order valence-corrected chi connectivity index (χ0v) is 11.0. The molecule has 1 heterocycles. The summed E-state index contributed by atoms with van der Waals surface area (Å²) in [4.78, 5) is 15.6. The van der Waals surface area contributed by atoms with Crippen molar-refractivity contribution in [3.63, 3.8) is 0 Å². The Hall–Kier alpha value is -2.68. The summed E-state index contributed by atoms with van der Waals surface area (Å²) in [5.74, 6) is 0.692. The van der Waals surface area contributed by atoms with Crippen LogP contribution in [0.4, 0.5) is 0 Å². The van der Waals surface area contributed by atoms with Crippen LogP contribution in [0.25, 0.3) is 21.9 Å². The van der Waals surface area contributed by atoms with Crippen LogP contribution in [0.5, 0.6) is 5.75 Å². The molecule has 0 radical (unpaired) electrons. The molecular weight excluding hydrogens is 250 g/mol. The average Bonchev–Trinajstić information content (AvgIpc) is 2.53. The van der Waals surface area contributed by atoms with Crippen molar-refractivity contribution in [2.75, 3.05) is 7.11 Å². The molecule has 2 aromatic carbocycles. The number of methoxy groups -OCH3 is 1. The molecule has 0 amide bonds. The van der Waals surface area contributed by atoms with Crippen LogP contribution >= 0.6 is 0 Å². The van der Waals surface area contributed by atoms with Gasteiger partial charge in [0.15, 0.2) is 6.29 Å². The molecule has 3 heteroatoms. The summed E-state index contributed by atoms with van der Waals surface area (Å²) in [5, 5.41) is 1.92. The van der Waals surface area contributed by atoms with Crippen molar-refractivity contribution in [1.29, 1.82) is 0 Å². The van der Waals surface area contributed by atoms with Gasteiger partial charge >= 0.3 is 0 Å². The highest BCUT2D eigenvalue weighted by atomic mass is 16.5. The SMILES string of the molecule is COc1cc2ccccc2c(C=O)c1-c1ccncc1. The van der Waals surface area contributed by atoms with E-state index >= 15 is 0 Å². The molecule has 0 aliphatic rings. The molecule has 0 fully saturated rings. The first-order chi connectivity index (χ1) is 9.85. The highest BCUT2D eigenvalue weighted by Gasteiger charge is 2.15. The lowest BCUT2D eigenvalue weighted by molar-refractivity contribution is 0.112. The van der Waals surface area contributed by atoms with Crippen molar-refractivity contribution in [1.82, 2.24) is 4.98 Å². The van der Waals surface area contributed by atoms with Crippen LogP contribution in [0.2, 0.25) is 0 Å². The van der Waals surface area contributed by atoms with E-state index in [9.17, 15) is 4.79 Å². The molecule has 1 aromatic heterocycles. The van der Waals surface area contributed by atoms with Gasteiger partial charge in [-0.1, -0.05) is 24.3 Å². The topological polar surface area (TPSA) is 39.2 Å². The second kappa shape index (κ2) is 5.13. The molecule has 0 N–H and O–H groups in total. The van der Waals surface area contributed by atoms with Gasteiger partial charge in [-0.05, 0) is 34.5 Å². The Balaban J connectivity index is 2.43. The normalized spacial score (nSPS) is 10.4. The zero-order chi connectivity index (χ0) is 13.9. The number of pyridine rings is 1. The molecule has 0 bridgehead atoms. The average molecular weight is 263 g/mol. The number of hydrogen-bond donors (Lipinski definition) is 0. The Morgan fingerprint density at radius 1 is 1.10 bits per heavy atom. The quantitative estimate of drug-likeness (QED) is 0.676. The van der Waals surface area contributed by atoms with E-state index in [-0.39, 0.29) is 0 Å². The Labute approximate surface area is 116 Å². The van der Waals surface area contributed by atoms with Gasteiger partial charge < -0.3 is 4.74 Å². The third-order valence-electron chi connectivity index (χ3n) is 3.36. The van der Waals surface area contributed by atoms with Gasteiger partial charge in [-0.3, -0.25) is 9.78 Å². The van der Waals surface area contributed by atoms with Crippen LogP contribution in [0.1, 0.15) is 10.4 Å². The zero-order valence-electron chi connectivity index (χ0n) is 11.0. The van der Waals surface area contributed by atoms with E-state index in [1.807, 2.05) is 42.5 Å². The van der Waals surface area contributed by atoms with Crippen molar-refractivity contribution < 1.29 is 9.53 Å². The minimum absolute atomic E-state index is 0.645. The Kier molecular flexibility index (Phi) is 3.17. The van der Waals surface area contributed by atoms with Gasteiger partial charge in [0.25, 0.3) is 0 Å². The van der Waals surface area contributed by atoms with Crippen molar-refractivity contribution in [2.24, 2.45) is 0 Å². The maximum Gasteiger partial charge on any atom is 0.151 e. The highest BCUT2D eigenvalue weighted by Crippen LogP contribution is 2.37. The lowest BCUT2D eigenvalue weighted by Gasteiger charge is -2.14. The van der Waals surface area contributed by atoms with E-state index in [1.165, 1.54) is 0 Å². The van der Waals surface area contributed by atoms with Gasteiger partial charge in [-0.2, -0.15) is 0 Å². The number of nitrogens with zero attached hydrogens (tertiary/aromatic N) is 1. The largest absolute Gasteiger partial charge is 0.496 e. The molecular formula is C17H13NO2. The number of carbonyl (C=O) groups excluding carboxylic acids is 1. The van der Waals surface area contributed by atoms with Crippen LogP contribution in [0.15, 0.2) is 54.9 Å². The van der Waals surface area contributed by atoms with Crippen LogP contribution in [0.3, 0.4) is 0 Å². The molecule has 3 aromatic rings. The van der Waals surface area contributed by atoms with E-state index in [2.05, 4.69) is 4.98 Å². The summed E-state index contributed by atoms with van der Waals surface area (Å²) in [5.41, 5.74) is 2.37. The van der Waals surface area contributed by atoms with Gasteiger partial charge in [-0.25, -0.2) is 0 Å². The minimum Gasteiger partial charge on any atom is -0.496 e. The number of hydrogen-bond acceptors (Lipinski definition) is 3. The molecule has 3 nitrogen and oxygen atoms in total. The molecule has 0 spiro atoms. The Morgan fingerprint density at radius 2 is 1.85 bits per heavy atom. The van der Waals surface area contributed by atoms with Gasteiger partial charge in [0, 0.05) is 23.5 Å². The summed E-state index contributed by atoms with van der Waals surface area (Å²) in [6.07, 6.45) is 4.30. The predicted octanol–water partition coefficient (Wildman–Crippen LogP) is 3.72. The molecule has 0 saturated carbocycles. The van der Waals surface area contributed by atoms with Crippen LogP contribution in [0, 0.1) is 0 Å². The molecule has 3 rings (SSSR count). The van der Waals surface area contributed by atoms with Crippen molar-refractivity contribution in [2.45, 2.75) is 0 Å². The molecule has 0 aliphatic carbocycles. The summed E-state index contributed by atoms with van der Waals surface area (Å²) in [6, 6.07) is 13.5. The molecule has 98 valence electrons. The van der Waals surface area contributed by atoms with Gasteiger partial charge in [0.2, 0.25) is 0 Å². The van der Waals surface area contributed by atoms with Gasteiger partial charge in [0.1, 0.15) is 5.75 Å². The van der Waals surface area contributed by atoms with E-state index in [0.717, 1.165) is 28.2 Å². The molecule has 0 saturated heterocycles. The van der Waals surface area contributed by atoms with Gasteiger partial charge in [0.05, 0.1) is 7.11 Å². The fourth-order valence-electron chi connectivity index (χ4n) is 2.45. The van der Waals surface area contributed by atoms with Crippen molar-refractivity contribution in [3.8, 4) is 16.9 Å². The maximum absolute atomic E-state index is 11.6. The van der Waals surface area contributed by atoms with E-state index in [4.69, 9.17) is 4.74 Å². The predicted molar refractivity (Wildman–Crippen MR) is 79.1 cm³/mol. The third-order valence-corrected chi connectivity index (χ3v) is 3.36. The fourth-order valence-corrected chi connectivity index (χ4v) is 2.45. The lowest BCUT2D eigenvalue weighted by Crippen LogP contribution is -1.95. The van der Waals surface area contributed by atoms with Crippen molar-refractivity contribution >= 4 is 17.1 Å². The monoisotopic (exact) mass is 263 g/mol. The second-order valence-corrected chi connectivity index (χ2v) is 4.44. The first kappa shape index (κ1) is 12.4. The first-order valence-electron chi connectivity index (χ1n) is 6.30. The summed E-state index contributed by atoms with van der Waals surface area (Å²) < 4.78 is 5.47. The lowest BCUT2D eigenvalue weighted by atomic mass is 9.94. The van der Waals surface area contributed by atoms with Crippen LogP contribution < -0.4 is 4.74 Å². The van der Waals surface area contributed by atoms with E-state index in [0.29, 0.717) is 11.3 Å². The van der Waals surface area contributed by atoms with E-state index < -0.39 is 0 Å². The van der Waals surface area contributed by atoms with Crippen LogP contribution in [-0.2, 0) is 0 Å². The van der Waals surface area contributed by atoms with Crippen molar-refractivity contribution in [3.05, 3.63) is 60.4 Å². The summed E-state index contributed by atoms with van der Waals surface area (Å²) in [7, 11) is 1.61. The minimum atomic E-state index is 0.645. The summed E-state index contributed by atoms with van der Waals surface area (Å²) >= 11 is 0. The number of aldehydes is 1. The Morgan fingerprint density at radius 3 is 2.55 bits per heavy atom. The molecule has 20 heavy (non-hydrogen) atoms. The van der Waals surface area contributed by atoms with Gasteiger partial charge in [-0.15, -0.1) is 0 Å². The molecule has 0 atom stereocenters. The number of ether oxygens (including phenoxy) is 1. The molecule has 0 aliphatic heterocycles. The third kappa shape index (κ3) is 1.93.